The van der Waals surface area contributed by atoms with E-state index in [1.165, 1.54) is 17.4 Å². The van der Waals surface area contributed by atoms with Crippen LogP contribution in [0.3, 0.4) is 0 Å². The largest absolute Gasteiger partial charge is 0.427 e. The van der Waals surface area contributed by atoms with Gasteiger partial charge in [-0.2, -0.15) is 0 Å². The molecule has 0 atom stereocenters. The average Bonchev–Trinajstić information content (AvgIpc) is 2.85. The first kappa shape index (κ1) is 16.4. The standard InChI is InChI=1S/C18H19BFO2S/c1-17(2,21)18(3,4)22-19-12-8-6-10-14-15(12)11-7-5-9-13(20)16(11)23-14/h5-10,21H,1-4H3. The van der Waals surface area contributed by atoms with E-state index in [1.54, 1.807) is 27.4 Å². The summed E-state index contributed by atoms with van der Waals surface area (Å²) in [5.41, 5.74) is -0.844. The van der Waals surface area contributed by atoms with Crippen molar-refractivity contribution in [2.24, 2.45) is 0 Å². The van der Waals surface area contributed by atoms with Gasteiger partial charge in [0.1, 0.15) is 5.82 Å². The van der Waals surface area contributed by atoms with Gasteiger partial charge >= 0.3 is 7.48 Å². The van der Waals surface area contributed by atoms with Crippen molar-refractivity contribution in [3.8, 4) is 0 Å². The van der Waals surface area contributed by atoms with Crippen molar-refractivity contribution in [3.05, 3.63) is 42.2 Å². The molecule has 0 unspecified atom stereocenters. The summed E-state index contributed by atoms with van der Waals surface area (Å²) in [4.78, 5) is 0. The molecule has 1 N–H and O–H groups in total. The molecule has 1 radical (unpaired) electrons. The smallest absolute Gasteiger partial charge is 0.331 e. The van der Waals surface area contributed by atoms with Crippen molar-refractivity contribution >= 4 is 44.5 Å². The van der Waals surface area contributed by atoms with Crippen LogP contribution < -0.4 is 5.46 Å². The molecule has 3 rings (SSSR count). The summed E-state index contributed by atoms with van der Waals surface area (Å²) in [5.74, 6) is -0.201. The van der Waals surface area contributed by atoms with Gasteiger partial charge in [-0.3, -0.25) is 0 Å². The molecule has 3 aromatic rings. The Morgan fingerprint density at radius 3 is 2.48 bits per heavy atom. The Bertz CT molecular complexity index is 864. The van der Waals surface area contributed by atoms with Crippen LogP contribution >= 0.6 is 11.3 Å². The molecule has 0 aliphatic rings. The Hall–Kier alpha value is -1.43. The molecular weight excluding hydrogens is 310 g/mol. The highest BCUT2D eigenvalue weighted by Crippen LogP contribution is 2.34. The number of rotatable bonds is 4. The fraction of sp³-hybridized carbons (Fsp3) is 0.333. The Balaban J connectivity index is 2.05. The zero-order valence-corrected chi connectivity index (χ0v) is 14.5. The van der Waals surface area contributed by atoms with E-state index in [1.807, 2.05) is 38.1 Å². The predicted octanol–water partition coefficient (Wildman–Crippen LogP) is 4.00. The maximum Gasteiger partial charge on any atom is 0.331 e. The summed E-state index contributed by atoms with van der Waals surface area (Å²) in [6.07, 6.45) is 0. The van der Waals surface area contributed by atoms with Gasteiger partial charge in [-0.25, -0.2) is 4.39 Å². The lowest BCUT2D eigenvalue weighted by molar-refractivity contribution is -0.0893. The molecule has 1 heterocycles. The molecule has 0 fully saturated rings. The number of aliphatic hydroxyl groups is 1. The molecule has 2 nitrogen and oxygen atoms in total. The highest BCUT2D eigenvalue weighted by molar-refractivity contribution is 7.26. The van der Waals surface area contributed by atoms with Crippen LogP contribution in [0.15, 0.2) is 36.4 Å². The first-order valence-corrected chi connectivity index (χ1v) is 8.35. The third-order valence-electron chi connectivity index (χ3n) is 4.46. The molecule has 5 heteroatoms. The van der Waals surface area contributed by atoms with Gasteiger partial charge in [-0.15, -0.1) is 11.3 Å². The molecule has 0 aliphatic heterocycles. The van der Waals surface area contributed by atoms with Crippen LogP contribution in [0, 0.1) is 5.82 Å². The molecular formula is C18H19BFO2S. The van der Waals surface area contributed by atoms with E-state index in [9.17, 15) is 9.50 Å². The minimum atomic E-state index is -0.986. The van der Waals surface area contributed by atoms with E-state index >= 15 is 0 Å². The molecule has 0 saturated carbocycles. The lowest BCUT2D eigenvalue weighted by Gasteiger charge is -2.37. The Kier molecular flexibility index (Phi) is 3.99. The fourth-order valence-electron chi connectivity index (χ4n) is 2.29. The number of halogens is 1. The summed E-state index contributed by atoms with van der Waals surface area (Å²) >= 11 is 1.44. The number of hydrogen-bond acceptors (Lipinski definition) is 3. The third kappa shape index (κ3) is 2.89. The molecule has 23 heavy (non-hydrogen) atoms. The van der Waals surface area contributed by atoms with E-state index in [2.05, 4.69) is 0 Å². The summed E-state index contributed by atoms with van der Waals surface area (Å²) in [5, 5.41) is 12.1. The molecule has 0 bridgehead atoms. The van der Waals surface area contributed by atoms with Crippen LogP contribution in [0.25, 0.3) is 20.2 Å². The van der Waals surface area contributed by atoms with E-state index in [0.29, 0.717) is 4.70 Å². The predicted molar refractivity (Wildman–Crippen MR) is 96.1 cm³/mol. The van der Waals surface area contributed by atoms with Crippen LogP contribution in [0.2, 0.25) is 0 Å². The van der Waals surface area contributed by atoms with Gasteiger partial charge < -0.3 is 9.76 Å². The van der Waals surface area contributed by atoms with Crippen LogP contribution in [-0.2, 0) is 4.65 Å². The van der Waals surface area contributed by atoms with E-state index in [-0.39, 0.29) is 5.82 Å². The normalized spacial score (nSPS) is 13.0. The van der Waals surface area contributed by atoms with Crippen molar-refractivity contribution < 1.29 is 14.2 Å². The number of fused-ring (bicyclic) bond motifs is 3. The van der Waals surface area contributed by atoms with Crippen LogP contribution in [0.4, 0.5) is 4.39 Å². The van der Waals surface area contributed by atoms with Crippen LogP contribution in [0.1, 0.15) is 27.7 Å². The van der Waals surface area contributed by atoms with Crippen molar-refractivity contribution in [3.63, 3.8) is 0 Å². The van der Waals surface area contributed by atoms with Gasteiger partial charge in [0.25, 0.3) is 0 Å². The quantitative estimate of drug-likeness (QED) is 0.733. The second kappa shape index (κ2) is 5.58. The van der Waals surface area contributed by atoms with Gasteiger partial charge in [0.05, 0.1) is 15.9 Å². The molecule has 1 aromatic heterocycles. The zero-order chi connectivity index (χ0) is 16.8. The van der Waals surface area contributed by atoms with Crippen molar-refractivity contribution in [1.82, 2.24) is 0 Å². The second-order valence-electron chi connectivity index (χ2n) is 6.74. The number of thiophene rings is 1. The van der Waals surface area contributed by atoms with Gasteiger partial charge in [0, 0.05) is 10.1 Å². The molecule has 0 saturated heterocycles. The van der Waals surface area contributed by atoms with Gasteiger partial charge in [-0.05, 0) is 50.7 Å². The SMILES string of the molecule is CC(C)(O)C(C)(C)O[B]c1cccc2sc3c(F)cccc3c12. The van der Waals surface area contributed by atoms with Crippen molar-refractivity contribution in [2.45, 2.75) is 38.9 Å². The first-order valence-electron chi connectivity index (χ1n) is 7.54. The Morgan fingerprint density at radius 1 is 1.09 bits per heavy atom. The third-order valence-corrected chi connectivity index (χ3v) is 5.64. The van der Waals surface area contributed by atoms with Gasteiger partial charge in [-0.1, -0.05) is 24.3 Å². The maximum absolute atomic E-state index is 14.0. The lowest BCUT2D eigenvalue weighted by Crippen LogP contribution is -2.49. The van der Waals surface area contributed by atoms with Crippen LogP contribution in [0.5, 0.6) is 0 Å². The number of benzene rings is 2. The Morgan fingerprint density at radius 2 is 1.78 bits per heavy atom. The summed E-state index contributed by atoms with van der Waals surface area (Å²) < 4.78 is 21.6. The first-order chi connectivity index (χ1) is 10.7. The Labute approximate surface area is 140 Å². The average molecular weight is 329 g/mol. The van der Waals surface area contributed by atoms with Gasteiger partial charge in [0.15, 0.2) is 0 Å². The maximum atomic E-state index is 14.0. The summed E-state index contributed by atoms with van der Waals surface area (Å²) in [7, 11) is 1.66. The molecule has 0 spiro atoms. The van der Waals surface area contributed by atoms with E-state index in [4.69, 9.17) is 4.65 Å². The highest BCUT2D eigenvalue weighted by Gasteiger charge is 2.35. The minimum Gasteiger partial charge on any atom is -0.427 e. The van der Waals surface area contributed by atoms with Gasteiger partial charge in [0.2, 0.25) is 0 Å². The highest BCUT2D eigenvalue weighted by atomic mass is 32.1. The molecule has 2 aromatic carbocycles. The fourth-order valence-corrected chi connectivity index (χ4v) is 3.44. The minimum absolute atomic E-state index is 0.201. The lowest BCUT2D eigenvalue weighted by atomic mass is 9.80. The molecule has 0 aliphatic carbocycles. The monoisotopic (exact) mass is 329 g/mol. The second-order valence-corrected chi connectivity index (χ2v) is 7.80. The van der Waals surface area contributed by atoms with E-state index in [0.717, 1.165) is 20.9 Å². The van der Waals surface area contributed by atoms with E-state index < -0.39 is 11.2 Å². The number of hydrogen-bond donors (Lipinski definition) is 1. The zero-order valence-electron chi connectivity index (χ0n) is 13.7. The topological polar surface area (TPSA) is 29.5 Å². The molecule has 0 amide bonds. The van der Waals surface area contributed by atoms with Crippen LogP contribution in [-0.4, -0.2) is 23.8 Å². The molecule has 119 valence electrons. The van der Waals surface area contributed by atoms with Crippen molar-refractivity contribution in [1.29, 1.82) is 0 Å². The van der Waals surface area contributed by atoms with Crippen molar-refractivity contribution in [2.75, 3.05) is 0 Å². The summed E-state index contributed by atoms with van der Waals surface area (Å²) in [6.45, 7) is 7.12. The summed E-state index contributed by atoms with van der Waals surface area (Å²) in [6, 6.07) is 11.0.